The minimum absolute atomic E-state index is 0.194. The van der Waals surface area contributed by atoms with Crippen molar-refractivity contribution in [2.45, 2.75) is 18.9 Å². The molecule has 0 saturated carbocycles. The van der Waals surface area contributed by atoms with Crippen LogP contribution < -0.4 is 0 Å². The van der Waals surface area contributed by atoms with E-state index in [4.69, 9.17) is 9.47 Å². The third-order valence-corrected chi connectivity index (χ3v) is 1.74. The van der Waals surface area contributed by atoms with Crippen LogP contribution in [0.25, 0.3) is 0 Å². The van der Waals surface area contributed by atoms with Crippen LogP contribution in [0.5, 0.6) is 0 Å². The summed E-state index contributed by atoms with van der Waals surface area (Å²) < 4.78 is 9.48. The highest BCUT2D eigenvalue weighted by Crippen LogP contribution is 2.09. The lowest BCUT2D eigenvalue weighted by Crippen LogP contribution is -2.39. The van der Waals surface area contributed by atoms with Crippen molar-refractivity contribution in [2.75, 3.05) is 20.8 Å². The molecule has 70 valence electrons. The second-order valence-corrected chi connectivity index (χ2v) is 2.60. The van der Waals surface area contributed by atoms with Gasteiger partial charge in [-0.25, -0.2) is 0 Å². The smallest absolute Gasteiger partial charge is 0.178 e. The van der Waals surface area contributed by atoms with Gasteiger partial charge in [-0.2, -0.15) is 0 Å². The predicted octanol–water partition coefficient (Wildman–Crippen LogP) is 0.196. The highest BCUT2D eigenvalue weighted by molar-refractivity contribution is 6.01. The van der Waals surface area contributed by atoms with E-state index in [1.165, 1.54) is 21.1 Å². The van der Waals surface area contributed by atoms with Crippen molar-refractivity contribution < 1.29 is 19.1 Å². The highest BCUT2D eigenvalue weighted by Gasteiger charge is 2.31. The van der Waals surface area contributed by atoms with Crippen molar-refractivity contribution in [1.82, 2.24) is 0 Å². The number of hydrogen-bond acceptors (Lipinski definition) is 4. The Morgan fingerprint density at radius 3 is 2.42 bits per heavy atom. The number of carbonyl (C=O) groups is 2. The maximum Gasteiger partial charge on any atom is 0.178 e. The topological polar surface area (TPSA) is 52.6 Å². The Hall–Kier alpha value is -0.740. The van der Waals surface area contributed by atoms with E-state index in [1.54, 1.807) is 0 Å². The van der Waals surface area contributed by atoms with E-state index in [0.29, 0.717) is 12.9 Å². The van der Waals surface area contributed by atoms with Crippen LogP contribution in [0.15, 0.2) is 0 Å². The monoisotopic (exact) mass is 174 g/mol. The van der Waals surface area contributed by atoms with E-state index in [2.05, 4.69) is 0 Å². The lowest BCUT2D eigenvalue weighted by atomic mass is 10.0. The van der Waals surface area contributed by atoms with E-state index in [9.17, 15) is 9.59 Å². The molecule has 0 N–H and O–H groups in total. The first kappa shape index (κ1) is 11.3. The van der Waals surface area contributed by atoms with Gasteiger partial charge in [0.05, 0.1) is 6.61 Å². The maximum absolute atomic E-state index is 11.2. The first-order chi connectivity index (χ1) is 5.60. The molecule has 0 heterocycles. The van der Waals surface area contributed by atoms with E-state index < -0.39 is 5.60 Å². The van der Waals surface area contributed by atoms with Gasteiger partial charge in [0, 0.05) is 20.6 Å². The van der Waals surface area contributed by atoms with E-state index >= 15 is 0 Å². The zero-order valence-electron chi connectivity index (χ0n) is 7.62. The summed E-state index contributed by atoms with van der Waals surface area (Å²) in [6.45, 7) is 1.75. The van der Waals surface area contributed by atoms with Gasteiger partial charge in [-0.3, -0.25) is 9.59 Å². The summed E-state index contributed by atoms with van der Waals surface area (Å²) in [5.41, 5.74) is -1.31. The Morgan fingerprint density at radius 1 is 1.50 bits per heavy atom. The zero-order chi connectivity index (χ0) is 9.61. The minimum Gasteiger partial charge on any atom is -0.384 e. The van der Waals surface area contributed by atoms with Crippen LogP contribution in [0.3, 0.4) is 0 Å². The number of ketones is 1. The van der Waals surface area contributed by atoms with Crippen molar-refractivity contribution in [3.63, 3.8) is 0 Å². The zero-order valence-corrected chi connectivity index (χ0v) is 7.62. The van der Waals surface area contributed by atoms with Crippen molar-refractivity contribution in [2.24, 2.45) is 0 Å². The molecule has 0 aromatic rings. The number of ether oxygens (including phenoxy) is 2. The fourth-order valence-electron chi connectivity index (χ4n) is 0.671. The second-order valence-electron chi connectivity index (χ2n) is 2.60. The molecule has 0 aliphatic heterocycles. The molecule has 0 rings (SSSR count). The number of aldehydes is 1. The average Bonchev–Trinajstić information content (AvgIpc) is 2.12. The van der Waals surface area contributed by atoms with Crippen LogP contribution in [0.1, 0.15) is 13.3 Å². The number of rotatable bonds is 6. The fourth-order valence-corrected chi connectivity index (χ4v) is 0.671. The van der Waals surface area contributed by atoms with Crippen LogP contribution >= 0.6 is 0 Å². The van der Waals surface area contributed by atoms with Crippen LogP contribution in [0.4, 0.5) is 0 Å². The quantitative estimate of drug-likeness (QED) is 0.426. The molecule has 0 saturated heterocycles. The fraction of sp³-hybridized carbons (Fsp3) is 0.750. The molecule has 0 aromatic heterocycles. The molecular weight excluding hydrogens is 160 g/mol. The molecule has 0 aliphatic rings. The SMILES string of the molecule is COCCC(=O)C(C)(C=O)OC. The van der Waals surface area contributed by atoms with Crippen molar-refractivity contribution in [3.05, 3.63) is 0 Å². The Bertz CT molecular complexity index is 166. The Kier molecular flexibility index (Phi) is 4.70. The lowest BCUT2D eigenvalue weighted by Gasteiger charge is -2.18. The standard InChI is InChI=1S/C8H14O4/c1-8(6-9,12-3)7(10)4-5-11-2/h6H,4-5H2,1-3H3. The maximum atomic E-state index is 11.2. The molecule has 0 fully saturated rings. The number of Topliss-reactive ketones (excluding diaryl/α,β-unsaturated/α-hetero) is 1. The number of methoxy groups -OCH3 is 2. The van der Waals surface area contributed by atoms with Gasteiger partial charge in [-0.15, -0.1) is 0 Å². The van der Waals surface area contributed by atoms with Gasteiger partial charge >= 0.3 is 0 Å². The van der Waals surface area contributed by atoms with Crippen molar-refractivity contribution in [1.29, 1.82) is 0 Å². The molecule has 0 radical (unpaired) electrons. The normalized spacial score (nSPS) is 15.2. The van der Waals surface area contributed by atoms with Crippen molar-refractivity contribution in [3.8, 4) is 0 Å². The first-order valence-electron chi connectivity index (χ1n) is 3.64. The third-order valence-electron chi connectivity index (χ3n) is 1.74. The molecule has 1 unspecified atom stereocenters. The summed E-state index contributed by atoms with van der Waals surface area (Å²) in [5, 5.41) is 0. The van der Waals surface area contributed by atoms with E-state index in [0.717, 1.165) is 0 Å². The van der Waals surface area contributed by atoms with Gasteiger partial charge in [-0.05, 0) is 6.92 Å². The van der Waals surface area contributed by atoms with Crippen molar-refractivity contribution >= 4 is 12.1 Å². The number of carbonyl (C=O) groups excluding carboxylic acids is 2. The lowest BCUT2D eigenvalue weighted by molar-refractivity contribution is -0.146. The van der Waals surface area contributed by atoms with E-state index in [1.807, 2.05) is 0 Å². The van der Waals surface area contributed by atoms with Gasteiger partial charge < -0.3 is 9.47 Å². The van der Waals surface area contributed by atoms with Gasteiger partial charge in [0.25, 0.3) is 0 Å². The molecule has 4 nitrogen and oxygen atoms in total. The summed E-state index contributed by atoms with van der Waals surface area (Å²) in [6.07, 6.45) is 0.699. The molecule has 4 heteroatoms. The molecule has 0 spiro atoms. The van der Waals surface area contributed by atoms with Crippen LogP contribution in [0, 0.1) is 0 Å². The van der Waals surface area contributed by atoms with Gasteiger partial charge in [-0.1, -0.05) is 0 Å². The molecule has 1 atom stereocenters. The molecular formula is C8H14O4. The summed E-state index contributed by atoms with van der Waals surface area (Å²) in [7, 11) is 2.83. The van der Waals surface area contributed by atoms with Gasteiger partial charge in [0.2, 0.25) is 0 Å². The summed E-state index contributed by atoms with van der Waals surface area (Å²) in [5.74, 6) is -0.262. The number of hydrogen-bond donors (Lipinski definition) is 0. The van der Waals surface area contributed by atoms with Crippen LogP contribution in [-0.4, -0.2) is 38.5 Å². The molecule has 12 heavy (non-hydrogen) atoms. The first-order valence-corrected chi connectivity index (χ1v) is 3.64. The highest BCUT2D eigenvalue weighted by atomic mass is 16.5. The largest absolute Gasteiger partial charge is 0.384 e. The van der Waals surface area contributed by atoms with Gasteiger partial charge in [0.15, 0.2) is 17.7 Å². The molecule has 0 aromatic carbocycles. The minimum atomic E-state index is -1.31. The van der Waals surface area contributed by atoms with Crippen LogP contribution in [-0.2, 0) is 19.1 Å². The summed E-state index contributed by atoms with van der Waals surface area (Å²) >= 11 is 0. The van der Waals surface area contributed by atoms with Crippen LogP contribution in [0.2, 0.25) is 0 Å². The Balaban J connectivity index is 4.12. The molecule has 0 bridgehead atoms. The Labute approximate surface area is 71.8 Å². The second kappa shape index (κ2) is 5.00. The molecule has 0 aliphatic carbocycles. The predicted molar refractivity (Wildman–Crippen MR) is 43.0 cm³/mol. The summed E-state index contributed by atoms with van der Waals surface area (Å²) in [6, 6.07) is 0. The van der Waals surface area contributed by atoms with E-state index in [-0.39, 0.29) is 12.2 Å². The van der Waals surface area contributed by atoms with Gasteiger partial charge in [0.1, 0.15) is 0 Å². The molecule has 0 amide bonds. The third kappa shape index (κ3) is 2.71. The Morgan fingerprint density at radius 2 is 2.08 bits per heavy atom. The summed E-state index contributed by atoms with van der Waals surface area (Å²) in [4.78, 5) is 21.7. The average molecular weight is 174 g/mol.